The van der Waals surface area contributed by atoms with Crippen molar-refractivity contribution in [3.05, 3.63) is 0 Å². The molecule has 1 saturated carbocycles. The smallest absolute Gasteiger partial charge is 0.0948 e. The lowest BCUT2D eigenvalue weighted by Gasteiger charge is -2.15. The average Bonchev–Trinajstić information content (AvgIpc) is 2.79. The van der Waals surface area contributed by atoms with Crippen LogP contribution in [0.1, 0.15) is 44.9 Å². The van der Waals surface area contributed by atoms with E-state index in [1.54, 1.807) is 0 Å². The molecule has 0 aromatic heterocycles. The van der Waals surface area contributed by atoms with Gasteiger partial charge in [-0.15, -0.1) is 0 Å². The normalized spacial score (nSPS) is 38.4. The van der Waals surface area contributed by atoms with Gasteiger partial charge in [0.05, 0.1) is 17.8 Å². The number of epoxide rings is 1. The molecular formula is C10H15NO. The van der Waals surface area contributed by atoms with Gasteiger partial charge >= 0.3 is 0 Å². The van der Waals surface area contributed by atoms with Gasteiger partial charge in [0.15, 0.2) is 0 Å². The Morgan fingerprint density at radius 3 is 3.17 bits per heavy atom. The summed E-state index contributed by atoms with van der Waals surface area (Å²) in [5, 5.41) is 8.40. The second kappa shape index (κ2) is 3.06. The SMILES string of the molecule is N#CCCCC12CCCCC1O2. The van der Waals surface area contributed by atoms with Crippen LogP contribution in [0.15, 0.2) is 0 Å². The molecule has 2 nitrogen and oxygen atoms in total. The van der Waals surface area contributed by atoms with Crippen molar-refractivity contribution >= 4 is 0 Å². The van der Waals surface area contributed by atoms with Crippen molar-refractivity contribution in [2.75, 3.05) is 0 Å². The summed E-state index contributed by atoms with van der Waals surface area (Å²) in [4.78, 5) is 0. The number of rotatable bonds is 3. The van der Waals surface area contributed by atoms with Crippen LogP contribution in [0.2, 0.25) is 0 Å². The molecular weight excluding hydrogens is 150 g/mol. The zero-order chi connectivity index (χ0) is 8.44. The first-order valence-corrected chi connectivity index (χ1v) is 4.92. The second-order valence-corrected chi connectivity index (χ2v) is 3.93. The first-order chi connectivity index (χ1) is 5.87. The van der Waals surface area contributed by atoms with E-state index < -0.39 is 0 Å². The van der Waals surface area contributed by atoms with Gasteiger partial charge in [-0.25, -0.2) is 0 Å². The van der Waals surface area contributed by atoms with Crippen LogP contribution in [0.25, 0.3) is 0 Å². The Labute approximate surface area is 73.5 Å². The van der Waals surface area contributed by atoms with E-state index >= 15 is 0 Å². The zero-order valence-electron chi connectivity index (χ0n) is 7.38. The Kier molecular flexibility index (Phi) is 2.06. The van der Waals surface area contributed by atoms with E-state index in [-0.39, 0.29) is 5.60 Å². The van der Waals surface area contributed by atoms with Crippen molar-refractivity contribution < 1.29 is 4.74 Å². The molecule has 2 aliphatic rings. The van der Waals surface area contributed by atoms with Crippen molar-refractivity contribution in [1.29, 1.82) is 5.26 Å². The minimum atomic E-state index is 0.245. The molecule has 2 heteroatoms. The molecule has 1 heterocycles. The van der Waals surface area contributed by atoms with Crippen LogP contribution in [0.3, 0.4) is 0 Å². The fourth-order valence-electron chi connectivity index (χ4n) is 2.36. The fraction of sp³-hybridized carbons (Fsp3) is 0.900. The van der Waals surface area contributed by atoms with Crippen molar-refractivity contribution in [2.24, 2.45) is 0 Å². The molecule has 12 heavy (non-hydrogen) atoms. The highest BCUT2D eigenvalue weighted by Crippen LogP contribution is 2.50. The van der Waals surface area contributed by atoms with E-state index in [1.807, 2.05) is 0 Å². The maximum Gasteiger partial charge on any atom is 0.0948 e. The van der Waals surface area contributed by atoms with Gasteiger partial charge in [-0.3, -0.25) is 0 Å². The molecule has 0 amide bonds. The number of ether oxygens (including phenoxy) is 1. The van der Waals surface area contributed by atoms with Crippen molar-refractivity contribution in [3.63, 3.8) is 0 Å². The topological polar surface area (TPSA) is 36.3 Å². The molecule has 0 aromatic rings. The molecule has 1 aliphatic carbocycles. The van der Waals surface area contributed by atoms with Crippen LogP contribution in [0.4, 0.5) is 0 Å². The monoisotopic (exact) mass is 165 g/mol. The van der Waals surface area contributed by atoms with E-state index in [0.717, 1.165) is 12.8 Å². The van der Waals surface area contributed by atoms with E-state index in [1.165, 1.54) is 25.7 Å². The van der Waals surface area contributed by atoms with Gasteiger partial charge < -0.3 is 4.74 Å². The molecule has 0 N–H and O–H groups in total. The summed E-state index contributed by atoms with van der Waals surface area (Å²) in [6.07, 6.45) is 8.55. The van der Waals surface area contributed by atoms with E-state index in [4.69, 9.17) is 10.00 Å². The predicted molar refractivity (Wildman–Crippen MR) is 45.5 cm³/mol. The number of hydrogen-bond donors (Lipinski definition) is 0. The van der Waals surface area contributed by atoms with Crippen molar-refractivity contribution in [2.45, 2.75) is 56.7 Å². The van der Waals surface area contributed by atoms with Gasteiger partial charge in [0.25, 0.3) is 0 Å². The van der Waals surface area contributed by atoms with Gasteiger partial charge in [0, 0.05) is 6.42 Å². The minimum absolute atomic E-state index is 0.245. The summed E-state index contributed by atoms with van der Waals surface area (Å²) in [5.74, 6) is 0. The van der Waals surface area contributed by atoms with Gasteiger partial charge in [0.1, 0.15) is 0 Å². The van der Waals surface area contributed by atoms with E-state index in [9.17, 15) is 0 Å². The Hall–Kier alpha value is -0.550. The van der Waals surface area contributed by atoms with Gasteiger partial charge in [-0.2, -0.15) is 5.26 Å². The summed E-state index contributed by atoms with van der Waals surface area (Å²) in [6.45, 7) is 0. The van der Waals surface area contributed by atoms with E-state index in [0.29, 0.717) is 12.5 Å². The summed E-state index contributed by atoms with van der Waals surface area (Å²) >= 11 is 0. The number of hydrogen-bond acceptors (Lipinski definition) is 2. The molecule has 2 atom stereocenters. The summed E-state index contributed by atoms with van der Waals surface area (Å²) in [6, 6.07) is 2.19. The molecule has 66 valence electrons. The van der Waals surface area contributed by atoms with Crippen molar-refractivity contribution in [1.82, 2.24) is 0 Å². The lowest BCUT2D eigenvalue weighted by Crippen LogP contribution is -2.18. The predicted octanol–water partition coefficient (Wildman–Crippen LogP) is 2.39. The Bertz CT molecular complexity index is 208. The lowest BCUT2D eigenvalue weighted by atomic mass is 9.85. The van der Waals surface area contributed by atoms with Crippen molar-refractivity contribution in [3.8, 4) is 6.07 Å². The highest BCUT2D eigenvalue weighted by molar-refractivity contribution is 5.04. The minimum Gasteiger partial charge on any atom is -0.366 e. The molecule has 2 rings (SSSR count). The third kappa shape index (κ3) is 1.34. The quantitative estimate of drug-likeness (QED) is 0.475. The average molecular weight is 165 g/mol. The van der Waals surface area contributed by atoms with Gasteiger partial charge in [-0.05, 0) is 25.7 Å². The molecule has 2 fully saturated rings. The molecule has 1 saturated heterocycles. The molecule has 0 bridgehead atoms. The molecule has 0 aromatic carbocycles. The third-order valence-corrected chi connectivity index (χ3v) is 3.11. The number of nitriles is 1. The Balaban J connectivity index is 1.77. The largest absolute Gasteiger partial charge is 0.366 e. The summed E-state index contributed by atoms with van der Waals surface area (Å²) in [5.41, 5.74) is 0.245. The second-order valence-electron chi connectivity index (χ2n) is 3.93. The number of nitrogens with zero attached hydrogens (tertiary/aromatic N) is 1. The first kappa shape index (κ1) is 8.07. The van der Waals surface area contributed by atoms with E-state index in [2.05, 4.69) is 6.07 Å². The number of unbranched alkanes of at least 4 members (excludes halogenated alkanes) is 1. The Morgan fingerprint density at radius 2 is 2.42 bits per heavy atom. The van der Waals surface area contributed by atoms with Crippen LogP contribution in [0.5, 0.6) is 0 Å². The molecule has 2 unspecified atom stereocenters. The van der Waals surface area contributed by atoms with Crippen LogP contribution in [-0.2, 0) is 4.74 Å². The maximum absolute atomic E-state index is 8.40. The Morgan fingerprint density at radius 1 is 1.50 bits per heavy atom. The lowest BCUT2D eigenvalue weighted by molar-refractivity contribution is 0.268. The molecule has 1 aliphatic heterocycles. The van der Waals surface area contributed by atoms with Gasteiger partial charge in [0.2, 0.25) is 0 Å². The zero-order valence-corrected chi connectivity index (χ0v) is 7.38. The van der Waals surface area contributed by atoms with Gasteiger partial charge in [-0.1, -0.05) is 12.8 Å². The first-order valence-electron chi connectivity index (χ1n) is 4.92. The fourth-order valence-corrected chi connectivity index (χ4v) is 2.36. The maximum atomic E-state index is 8.40. The standard InChI is InChI=1S/C10H15NO/c11-8-4-3-7-10-6-2-1-5-9(10)12-10/h9H,1-7H2. The number of fused-ring (bicyclic) bond motifs is 1. The van der Waals surface area contributed by atoms with Crippen LogP contribution >= 0.6 is 0 Å². The highest BCUT2D eigenvalue weighted by Gasteiger charge is 2.55. The summed E-state index contributed by atoms with van der Waals surface area (Å²) in [7, 11) is 0. The highest BCUT2D eigenvalue weighted by atomic mass is 16.6. The molecule has 0 spiro atoms. The molecule has 0 radical (unpaired) electrons. The van der Waals surface area contributed by atoms with Crippen LogP contribution < -0.4 is 0 Å². The van der Waals surface area contributed by atoms with Crippen LogP contribution in [-0.4, -0.2) is 11.7 Å². The third-order valence-electron chi connectivity index (χ3n) is 3.11. The summed E-state index contributed by atoms with van der Waals surface area (Å²) < 4.78 is 5.70. The van der Waals surface area contributed by atoms with Crippen LogP contribution in [0, 0.1) is 11.3 Å².